The van der Waals surface area contributed by atoms with Gasteiger partial charge in [0.15, 0.2) is 0 Å². The first-order valence-electron chi connectivity index (χ1n) is 5.78. The molecule has 0 spiro atoms. The maximum Gasteiger partial charge on any atom is 0.311 e. The predicted octanol–water partition coefficient (Wildman–Crippen LogP) is -0.452. The summed E-state index contributed by atoms with van der Waals surface area (Å²) in [5, 5.41) is 20.2. The molecule has 18 heavy (non-hydrogen) atoms. The number of carbonyl (C=O) groups is 3. The third kappa shape index (κ3) is 2.98. The molecule has 3 unspecified atom stereocenters. The van der Waals surface area contributed by atoms with Gasteiger partial charge in [-0.05, 0) is 19.8 Å². The van der Waals surface area contributed by atoms with Gasteiger partial charge in [-0.3, -0.25) is 14.4 Å². The molecule has 1 aliphatic rings. The van der Waals surface area contributed by atoms with Crippen LogP contribution in [-0.2, 0) is 14.4 Å². The molecule has 0 saturated heterocycles. The van der Waals surface area contributed by atoms with Crippen LogP contribution in [0.25, 0.3) is 0 Å². The van der Waals surface area contributed by atoms with Crippen molar-refractivity contribution in [3.8, 4) is 0 Å². The molecule has 1 amide bonds. The highest BCUT2D eigenvalue weighted by Crippen LogP contribution is 2.38. The van der Waals surface area contributed by atoms with E-state index in [0.717, 1.165) is 0 Å². The summed E-state index contributed by atoms with van der Waals surface area (Å²) in [6.07, 6.45) is 1.29. The van der Waals surface area contributed by atoms with Crippen LogP contribution < -0.4 is 11.1 Å². The van der Waals surface area contributed by atoms with Gasteiger partial charge in [-0.1, -0.05) is 6.42 Å². The fraction of sp³-hybridized carbons (Fsp3) is 0.727. The summed E-state index contributed by atoms with van der Waals surface area (Å²) in [5.74, 6) is -2.74. The van der Waals surface area contributed by atoms with E-state index in [4.69, 9.17) is 15.9 Å². The van der Waals surface area contributed by atoms with Crippen molar-refractivity contribution in [2.24, 2.45) is 11.1 Å². The molecule has 5 N–H and O–H groups in total. The maximum atomic E-state index is 11.7. The minimum absolute atomic E-state index is 0.470. The molecule has 1 rings (SSSR count). The number of carboxylic acids is 2. The highest BCUT2D eigenvalue weighted by Gasteiger charge is 2.46. The molecule has 1 fully saturated rings. The van der Waals surface area contributed by atoms with Gasteiger partial charge in [0, 0.05) is 6.04 Å². The number of carboxylic acid groups (broad SMARTS) is 2. The Bertz CT molecular complexity index is 370. The lowest BCUT2D eigenvalue weighted by atomic mass is 9.85. The second-order valence-electron chi connectivity index (χ2n) is 4.88. The molecular formula is C11H18N2O5. The number of hydrogen-bond donors (Lipinski definition) is 4. The van der Waals surface area contributed by atoms with Gasteiger partial charge in [0.25, 0.3) is 0 Å². The zero-order chi connectivity index (χ0) is 13.9. The lowest BCUT2D eigenvalue weighted by molar-refractivity contribution is -0.149. The normalized spacial score (nSPS) is 28.7. The van der Waals surface area contributed by atoms with E-state index in [1.165, 1.54) is 0 Å². The molecule has 1 saturated carbocycles. The molecule has 7 nitrogen and oxygen atoms in total. The average Bonchev–Trinajstić information content (AvgIpc) is 2.60. The number of nitrogens with one attached hydrogen (secondary N) is 1. The van der Waals surface area contributed by atoms with Gasteiger partial charge in [-0.25, -0.2) is 0 Å². The second kappa shape index (κ2) is 5.34. The summed E-state index contributed by atoms with van der Waals surface area (Å²) in [7, 11) is 0. The van der Waals surface area contributed by atoms with Crippen LogP contribution >= 0.6 is 0 Å². The van der Waals surface area contributed by atoms with Crippen LogP contribution in [0.2, 0.25) is 0 Å². The smallest absolute Gasteiger partial charge is 0.311 e. The fourth-order valence-corrected chi connectivity index (χ4v) is 2.21. The van der Waals surface area contributed by atoms with Crippen molar-refractivity contribution < 1.29 is 24.6 Å². The topological polar surface area (TPSA) is 130 Å². The molecule has 0 aromatic heterocycles. The highest BCUT2D eigenvalue weighted by molar-refractivity contribution is 5.87. The second-order valence-corrected chi connectivity index (χ2v) is 4.88. The Labute approximate surface area is 104 Å². The van der Waals surface area contributed by atoms with Gasteiger partial charge in [0.1, 0.15) is 0 Å². The third-order valence-corrected chi connectivity index (χ3v) is 3.49. The largest absolute Gasteiger partial charge is 0.481 e. The van der Waals surface area contributed by atoms with Crippen LogP contribution in [0.3, 0.4) is 0 Å². The van der Waals surface area contributed by atoms with E-state index >= 15 is 0 Å². The Morgan fingerprint density at radius 1 is 1.44 bits per heavy atom. The molecule has 0 aliphatic heterocycles. The lowest BCUT2D eigenvalue weighted by Gasteiger charge is -2.28. The highest BCUT2D eigenvalue weighted by atomic mass is 16.4. The Balaban J connectivity index is 2.64. The first-order chi connectivity index (χ1) is 8.27. The summed E-state index contributed by atoms with van der Waals surface area (Å²) >= 11 is 0. The standard InChI is InChI=1S/C11H18N2O5/c1-11(10(17)18)4-2-3-7(11)13-9(16)6(12)5-8(14)15/h6-7H,2-5,12H2,1H3,(H,13,16)(H,14,15)(H,17,18). The van der Waals surface area contributed by atoms with E-state index in [0.29, 0.717) is 19.3 Å². The molecule has 3 atom stereocenters. The van der Waals surface area contributed by atoms with Crippen molar-refractivity contribution in [2.75, 3.05) is 0 Å². The predicted molar refractivity (Wildman–Crippen MR) is 61.8 cm³/mol. The Hall–Kier alpha value is -1.63. The summed E-state index contributed by atoms with van der Waals surface area (Å²) in [6.45, 7) is 1.58. The number of hydrogen-bond acceptors (Lipinski definition) is 4. The van der Waals surface area contributed by atoms with Crippen molar-refractivity contribution in [2.45, 2.75) is 44.7 Å². The van der Waals surface area contributed by atoms with E-state index in [2.05, 4.69) is 5.32 Å². The van der Waals surface area contributed by atoms with Crippen molar-refractivity contribution >= 4 is 17.8 Å². The third-order valence-electron chi connectivity index (χ3n) is 3.49. The quantitative estimate of drug-likeness (QED) is 0.528. The van der Waals surface area contributed by atoms with Crippen LogP contribution in [0.5, 0.6) is 0 Å². The molecule has 1 aliphatic carbocycles. The average molecular weight is 258 g/mol. The summed E-state index contributed by atoms with van der Waals surface area (Å²) in [5.41, 5.74) is 4.42. The van der Waals surface area contributed by atoms with E-state index in [-0.39, 0.29) is 0 Å². The van der Waals surface area contributed by atoms with Gasteiger partial charge in [0.05, 0.1) is 17.9 Å². The monoisotopic (exact) mass is 258 g/mol. The van der Waals surface area contributed by atoms with Crippen LogP contribution in [0.15, 0.2) is 0 Å². The molecule has 0 aromatic carbocycles. The zero-order valence-corrected chi connectivity index (χ0v) is 10.2. The maximum absolute atomic E-state index is 11.7. The van der Waals surface area contributed by atoms with Gasteiger partial charge in [-0.2, -0.15) is 0 Å². The lowest BCUT2D eigenvalue weighted by Crippen LogP contribution is -2.52. The van der Waals surface area contributed by atoms with Gasteiger partial charge >= 0.3 is 11.9 Å². The minimum Gasteiger partial charge on any atom is -0.481 e. The van der Waals surface area contributed by atoms with Gasteiger partial charge in [0.2, 0.25) is 5.91 Å². The fourth-order valence-electron chi connectivity index (χ4n) is 2.21. The molecular weight excluding hydrogens is 240 g/mol. The van der Waals surface area contributed by atoms with Crippen molar-refractivity contribution in [1.82, 2.24) is 5.32 Å². The number of amides is 1. The first-order valence-corrected chi connectivity index (χ1v) is 5.78. The van der Waals surface area contributed by atoms with E-state index in [1.807, 2.05) is 0 Å². The molecule has 0 aromatic rings. The molecule has 0 radical (unpaired) electrons. The summed E-state index contributed by atoms with van der Waals surface area (Å²) in [4.78, 5) is 33.3. The van der Waals surface area contributed by atoms with Gasteiger partial charge in [-0.15, -0.1) is 0 Å². The Morgan fingerprint density at radius 3 is 2.56 bits per heavy atom. The Morgan fingerprint density at radius 2 is 2.06 bits per heavy atom. The van der Waals surface area contributed by atoms with Crippen LogP contribution in [0.4, 0.5) is 0 Å². The molecule has 0 bridgehead atoms. The number of aliphatic carboxylic acids is 2. The van der Waals surface area contributed by atoms with Crippen LogP contribution in [-0.4, -0.2) is 40.1 Å². The molecule has 102 valence electrons. The van der Waals surface area contributed by atoms with E-state index in [9.17, 15) is 14.4 Å². The SMILES string of the molecule is CC1(C(=O)O)CCCC1NC(=O)C(N)CC(=O)O. The number of rotatable bonds is 5. The van der Waals surface area contributed by atoms with Crippen molar-refractivity contribution in [1.29, 1.82) is 0 Å². The summed E-state index contributed by atoms with van der Waals surface area (Å²) in [6, 6.07) is -1.65. The van der Waals surface area contributed by atoms with E-state index in [1.54, 1.807) is 6.92 Å². The van der Waals surface area contributed by atoms with Crippen molar-refractivity contribution in [3.05, 3.63) is 0 Å². The van der Waals surface area contributed by atoms with E-state index < -0.39 is 41.8 Å². The first kappa shape index (κ1) is 14.4. The van der Waals surface area contributed by atoms with Crippen LogP contribution in [0.1, 0.15) is 32.6 Å². The zero-order valence-electron chi connectivity index (χ0n) is 10.2. The minimum atomic E-state index is -1.16. The summed E-state index contributed by atoms with van der Waals surface area (Å²) < 4.78 is 0. The Kier molecular flexibility index (Phi) is 4.28. The molecule has 7 heteroatoms. The van der Waals surface area contributed by atoms with Crippen molar-refractivity contribution in [3.63, 3.8) is 0 Å². The number of nitrogens with two attached hydrogens (primary N) is 1. The van der Waals surface area contributed by atoms with Crippen LogP contribution in [0, 0.1) is 5.41 Å². The molecule has 0 heterocycles. The van der Waals surface area contributed by atoms with Gasteiger partial charge < -0.3 is 21.3 Å². The number of carbonyl (C=O) groups excluding carboxylic acids is 1.